The second-order valence-corrected chi connectivity index (χ2v) is 6.20. The van der Waals surface area contributed by atoms with E-state index in [1.807, 2.05) is 4.68 Å². The molecule has 0 aromatic carbocycles. The van der Waals surface area contributed by atoms with Crippen LogP contribution in [0, 0.1) is 0 Å². The Morgan fingerprint density at radius 2 is 2.30 bits per heavy atom. The molecule has 7 nitrogen and oxygen atoms in total. The van der Waals surface area contributed by atoms with Crippen molar-refractivity contribution in [2.45, 2.75) is 36.4 Å². The van der Waals surface area contributed by atoms with E-state index in [0.717, 1.165) is 34.7 Å². The Labute approximate surface area is 125 Å². The molecule has 0 spiro atoms. The lowest BCUT2D eigenvalue weighted by Gasteiger charge is -2.01. The van der Waals surface area contributed by atoms with E-state index in [1.165, 1.54) is 11.3 Å². The number of nitrogens with one attached hydrogen (secondary N) is 1. The van der Waals surface area contributed by atoms with Gasteiger partial charge in [0.2, 0.25) is 5.13 Å². The molecular formula is C11H17N7S2. The second-order valence-electron chi connectivity index (χ2n) is 4.00. The van der Waals surface area contributed by atoms with Crippen molar-refractivity contribution >= 4 is 28.2 Å². The van der Waals surface area contributed by atoms with Gasteiger partial charge < -0.3 is 5.32 Å². The maximum Gasteiger partial charge on any atom is 0.206 e. The van der Waals surface area contributed by atoms with Gasteiger partial charge in [0.25, 0.3) is 0 Å². The van der Waals surface area contributed by atoms with Gasteiger partial charge in [-0.05, 0) is 16.8 Å². The highest BCUT2D eigenvalue weighted by Crippen LogP contribution is 2.27. The van der Waals surface area contributed by atoms with E-state index in [-0.39, 0.29) is 0 Å². The highest BCUT2D eigenvalue weighted by atomic mass is 32.2. The molecular weight excluding hydrogens is 294 g/mol. The molecule has 0 saturated heterocycles. The summed E-state index contributed by atoms with van der Waals surface area (Å²) in [5.41, 5.74) is 0. The molecule has 9 heteroatoms. The Kier molecular flexibility index (Phi) is 5.93. The molecule has 0 radical (unpaired) electrons. The van der Waals surface area contributed by atoms with E-state index < -0.39 is 0 Å². The molecule has 108 valence electrons. The highest BCUT2D eigenvalue weighted by molar-refractivity contribution is 8.00. The van der Waals surface area contributed by atoms with Crippen LogP contribution >= 0.6 is 23.1 Å². The van der Waals surface area contributed by atoms with Gasteiger partial charge in [0.15, 0.2) is 10.2 Å². The summed E-state index contributed by atoms with van der Waals surface area (Å²) in [6.45, 7) is 7.35. The highest BCUT2D eigenvalue weighted by Gasteiger charge is 2.09. The van der Waals surface area contributed by atoms with E-state index in [4.69, 9.17) is 0 Å². The van der Waals surface area contributed by atoms with Gasteiger partial charge in [0.05, 0.1) is 5.75 Å². The van der Waals surface area contributed by atoms with E-state index >= 15 is 0 Å². The summed E-state index contributed by atoms with van der Waals surface area (Å²) in [7, 11) is 0. The number of aryl methyl sites for hydroxylation is 1. The molecule has 20 heavy (non-hydrogen) atoms. The first kappa shape index (κ1) is 14.9. The van der Waals surface area contributed by atoms with Crippen LogP contribution in [-0.4, -0.2) is 36.9 Å². The topological polar surface area (TPSA) is 81.4 Å². The summed E-state index contributed by atoms with van der Waals surface area (Å²) >= 11 is 3.12. The van der Waals surface area contributed by atoms with Crippen LogP contribution in [0.1, 0.15) is 25.6 Å². The molecule has 0 saturated carbocycles. The zero-order chi connectivity index (χ0) is 14.2. The lowest BCUT2D eigenvalue weighted by atomic mass is 10.3. The molecule has 2 rings (SSSR count). The van der Waals surface area contributed by atoms with Crippen molar-refractivity contribution in [1.82, 2.24) is 30.4 Å². The molecule has 2 aromatic heterocycles. The fourth-order valence-corrected chi connectivity index (χ4v) is 3.12. The Morgan fingerprint density at radius 3 is 3.10 bits per heavy atom. The molecule has 0 aliphatic carbocycles. The van der Waals surface area contributed by atoms with E-state index in [1.54, 1.807) is 17.8 Å². The fourth-order valence-electron chi connectivity index (χ4n) is 1.43. The van der Waals surface area contributed by atoms with Gasteiger partial charge in [-0.25, -0.2) is 4.68 Å². The summed E-state index contributed by atoms with van der Waals surface area (Å²) in [6, 6.07) is 0. The molecule has 2 heterocycles. The van der Waals surface area contributed by atoms with Gasteiger partial charge in [-0.15, -0.1) is 21.9 Å². The van der Waals surface area contributed by atoms with Gasteiger partial charge in [-0.1, -0.05) is 42.5 Å². The first-order chi connectivity index (χ1) is 9.83. The average molecular weight is 311 g/mol. The third kappa shape index (κ3) is 4.27. The van der Waals surface area contributed by atoms with Crippen molar-refractivity contribution in [3.05, 3.63) is 18.5 Å². The van der Waals surface area contributed by atoms with Crippen LogP contribution in [0.4, 0.5) is 5.13 Å². The van der Waals surface area contributed by atoms with Crippen molar-refractivity contribution in [2.75, 3.05) is 11.9 Å². The zero-order valence-corrected chi connectivity index (χ0v) is 13.0. The van der Waals surface area contributed by atoms with Gasteiger partial charge in [0, 0.05) is 13.1 Å². The minimum Gasteiger partial charge on any atom is -0.357 e. The predicted molar refractivity (Wildman–Crippen MR) is 80.9 cm³/mol. The zero-order valence-electron chi connectivity index (χ0n) is 11.3. The van der Waals surface area contributed by atoms with Crippen molar-refractivity contribution in [2.24, 2.45) is 0 Å². The molecule has 0 aliphatic rings. The molecule has 0 aliphatic heterocycles. The molecule has 0 bridgehead atoms. The summed E-state index contributed by atoms with van der Waals surface area (Å²) < 4.78 is 2.76. The third-order valence-electron chi connectivity index (χ3n) is 2.46. The first-order valence-electron chi connectivity index (χ1n) is 6.39. The summed E-state index contributed by atoms with van der Waals surface area (Å²) in [4.78, 5) is 0. The van der Waals surface area contributed by atoms with E-state index in [2.05, 4.69) is 44.5 Å². The predicted octanol–water partition coefficient (Wildman–Crippen LogP) is 2.21. The van der Waals surface area contributed by atoms with Crippen molar-refractivity contribution in [3.63, 3.8) is 0 Å². The van der Waals surface area contributed by atoms with Gasteiger partial charge in [0.1, 0.15) is 0 Å². The largest absolute Gasteiger partial charge is 0.357 e. The number of anilines is 1. The standard InChI is InChI=1S/C11H17N7S2/c1-3-5-7-18-9(13-16-17-18)8-19-11-15-14-10(20-11)12-6-4-2/h4H,2-3,5-8H2,1H3,(H,12,14). The number of hydrogen-bond donors (Lipinski definition) is 1. The summed E-state index contributed by atoms with van der Waals surface area (Å²) in [5, 5.41) is 23.9. The summed E-state index contributed by atoms with van der Waals surface area (Å²) in [6.07, 6.45) is 3.99. The Morgan fingerprint density at radius 1 is 1.40 bits per heavy atom. The number of nitrogens with zero attached hydrogens (tertiary/aromatic N) is 6. The smallest absolute Gasteiger partial charge is 0.206 e. The number of unbranched alkanes of at least 4 members (excludes halogenated alkanes) is 1. The van der Waals surface area contributed by atoms with Crippen LogP contribution in [0.3, 0.4) is 0 Å². The minimum absolute atomic E-state index is 0.689. The number of rotatable bonds is 9. The fraction of sp³-hybridized carbons (Fsp3) is 0.545. The lowest BCUT2D eigenvalue weighted by molar-refractivity contribution is 0.540. The van der Waals surface area contributed by atoms with Crippen LogP contribution in [0.15, 0.2) is 17.0 Å². The number of aromatic nitrogens is 6. The normalized spacial score (nSPS) is 10.7. The Hall–Kier alpha value is -1.48. The number of thioether (sulfide) groups is 1. The van der Waals surface area contributed by atoms with Crippen LogP contribution < -0.4 is 5.32 Å². The Bertz CT molecular complexity index is 536. The van der Waals surface area contributed by atoms with E-state index in [9.17, 15) is 0 Å². The van der Waals surface area contributed by atoms with Gasteiger partial charge in [-0.2, -0.15) is 0 Å². The van der Waals surface area contributed by atoms with E-state index in [0.29, 0.717) is 12.3 Å². The van der Waals surface area contributed by atoms with Crippen molar-refractivity contribution < 1.29 is 0 Å². The monoisotopic (exact) mass is 311 g/mol. The first-order valence-corrected chi connectivity index (χ1v) is 8.19. The number of tetrazole rings is 1. The molecule has 1 N–H and O–H groups in total. The maximum absolute atomic E-state index is 4.12. The third-order valence-corrected chi connectivity index (χ3v) is 4.47. The molecule has 0 fully saturated rings. The average Bonchev–Trinajstić information content (AvgIpc) is 3.09. The van der Waals surface area contributed by atoms with Crippen LogP contribution in [0.2, 0.25) is 0 Å². The molecule has 2 aromatic rings. The quantitative estimate of drug-likeness (QED) is 0.561. The van der Waals surface area contributed by atoms with Crippen molar-refractivity contribution in [1.29, 1.82) is 0 Å². The summed E-state index contributed by atoms with van der Waals surface area (Å²) in [5.74, 6) is 1.58. The Balaban J connectivity index is 1.86. The van der Waals surface area contributed by atoms with Crippen LogP contribution in [-0.2, 0) is 12.3 Å². The van der Waals surface area contributed by atoms with Gasteiger partial charge >= 0.3 is 0 Å². The van der Waals surface area contributed by atoms with Crippen molar-refractivity contribution in [3.8, 4) is 0 Å². The number of hydrogen-bond acceptors (Lipinski definition) is 8. The molecule has 0 atom stereocenters. The molecule has 0 amide bonds. The van der Waals surface area contributed by atoms with Crippen LogP contribution in [0.25, 0.3) is 0 Å². The maximum atomic E-state index is 4.12. The van der Waals surface area contributed by atoms with Gasteiger partial charge in [-0.3, -0.25) is 0 Å². The lowest BCUT2D eigenvalue weighted by Crippen LogP contribution is -2.04. The second kappa shape index (κ2) is 7.95. The minimum atomic E-state index is 0.689. The van der Waals surface area contributed by atoms with Crippen LogP contribution in [0.5, 0.6) is 0 Å². The molecule has 0 unspecified atom stereocenters. The SMILES string of the molecule is C=CCNc1nnc(SCc2nnnn2CCCC)s1.